The summed E-state index contributed by atoms with van der Waals surface area (Å²) in [5, 5.41) is 0. The highest BCUT2D eigenvalue weighted by atomic mass is 14.4. The van der Waals surface area contributed by atoms with E-state index in [2.05, 4.69) is 165 Å². The van der Waals surface area contributed by atoms with Crippen molar-refractivity contribution in [1.82, 2.24) is 0 Å². The number of hydrogen-bond acceptors (Lipinski definition) is 0. The lowest BCUT2D eigenvalue weighted by molar-refractivity contribution is 0.490. The van der Waals surface area contributed by atoms with Crippen LogP contribution in [0, 0.1) is 13.8 Å². The molecule has 0 bridgehead atoms. The van der Waals surface area contributed by atoms with Gasteiger partial charge >= 0.3 is 0 Å². The lowest BCUT2D eigenvalue weighted by Crippen LogP contribution is -2.23. The largest absolute Gasteiger partial charge is 0.0642 e. The third-order valence-corrected chi connectivity index (χ3v) is 13.0. The average Bonchev–Trinajstić information content (AvgIpc) is 3.61. The first kappa shape index (κ1) is 30.4. The smallest absolute Gasteiger partial charge is 0.0210 e. The van der Waals surface area contributed by atoms with Gasteiger partial charge in [0, 0.05) is 16.2 Å². The van der Waals surface area contributed by atoms with E-state index in [1.807, 2.05) is 0 Å². The molecule has 0 nitrogen and oxygen atoms in total. The van der Waals surface area contributed by atoms with Gasteiger partial charge in [-0.15, -0.1) is 0 Å². The Balaban J connectivity index is 1.14. The average molecular weight is 635 g/mol. The predicted molar refractivity (Wildman–Crippen MR) is 209 cm³/mol. The van der Waals surface area contributed by atoms with E-state index in [9.17, 15) is 0 Å². The normalized spacial score (nSPS) is 16.4. The summed E-state index contributed by atoms with van der Waals surface area (Å²) in [7, 11) is 0. The van der Waals surface area contributed by atoms with Gasteiger partial charge in [-0.2, -0.15) is 0 Å². The minimum Gasteiger partial charge on any atom is -0.0642 e. The van der Waals surface area contributed by atoms with Crippen molar-refractivity contribution >= 4 is 0 Å². The first-order valence-electron chi connectivity index (χ1n) is 18.3. The Kier molecular flexibility index (Phi) is 6.31. The van der Waals surface area contributed by atoms with Crippen molar-refractivity contribution in [3.8, 4) is 55.6 Å². The lowest BCUT2D eigenvalue weighted by atomic mass is 9.73. The van der Waals surface area contributed by atoms with E-state index < -0.39 is 0 Å². The molecule has 6 aromatic rings. The summed E-state index contributed by atoms with van der Waals surface area (Å²) in [4.78, 5) is 0. The van der Waals surface area contributed by atoms with Crippen LogP contribution in [0.5, 0.6) is 0 Å². The van der Waals surface area contributed by atoms with Crippen LogP contribution in [-0.2, 0) is 16.2 Å². The SMILES string of the molecule is CCC1(CC)c2ccccc2-c2ccc(-c3cc4c(cc3C)-c3ccc(-c5cc6c(cc5C)-c5ccccc5C6(C)C)cc3C4(C)C)cc21. The molecule has 3 aliphatic carbocycles. The zero-order valence-electron chi connectivity index (χ0n) is 30.3. The van der Waals surface area contributed by atoms with Crippen LogP contribution in [0.4, 0.5) is 0 Å². The molecule has 242 valence electrons. The maximum absolute atomic E-state index is 2.53. The van der Waals surface area contributed by atoms with Crippen LogP contribution >= 0.6 is 0 Å². The molecule has 9 rings (SSSR count). The quantitative estimate of drug-likeness (QED) is 0.181. The van der Waals surface area contributed by atoms with Gasteiger partial charge in [0.2, 0.25) is 0 Å². The Labute approximate surface area is 292 Å². The van der Waals surface area contributed by atoms with Crippen molar-refractivity contribution in [2.24, 2.45) is 0 Å². The third kappa shape index (κ3) is 3.92. The molecule has 0 radical (unpaired) electrons. The standard InChI is InChI=1S/C49H46/c1-9-49(10-2)42-18-14-12-15-33(42)35-21-19-32(26-46(35)49)38-28-45-40(24-30(38)4)36-22-20-31(25-43(36)48(45,7)8)37-27-44-39(23-29(37)3)34-16-11-13-17-41(34)47(44,5)6/h11-28H,9-10H2,1-8H3. The lowest BCUT2D eigenvalue weighted by Gasteiger charge is -2.30. The van der Waals surface area contributed by atoms with Crippen LogP contribution in [0.1, 0.15) is 98.9 Å². The van der Waals surface area contributed by atoms with Gasteiger partial charge in [0.05, 0.1) is 0 Å². The Hall–Kier alpha value is -4.68. The molecule has 0 atom stereocenters. The number of aryl methyl sites for hydroxylation is 2. The third-order valence-electron chi connectivity index (χ3n) is 13.0. The Morgan fingerprint density at radius 2 is 0.776 bits per heavy atom. The van der Waals surface area contributed by atoms with Gasteiger partial charge in [-0.25, -0.2) is 0 Å². The summed E-state index contributed by atoms with van der Waals surface area (Å²) in [6, 6.07) is 42.5. The van der Waals surface area contributed by atoms with Gasteiger partial charge in [0.15, 0.2) is 0 Å². The number of rotatable bonds is 4. The van der Waals surface area contributed by atoms with E-state index in [0.29, 0.717) is 0 Å². The minimum atomic E-state index is -0.104. The van der Waals surface area contributed by atoms with Crippen molar-refractivity contribution in [1.29, 1.82) is 0 Å². The summed E-state index contributed by atoms with van der Waals surface area (Å²) in [5.74, 6) is 0. The van der Waals surface area contributed by atoms with E-state index in [0.717, 1.165) is 12.8 Å². The van der Waals surface area contributed by atoms with E-state index in [-0.39, 0.29) is 16.2 Å². The van der Waals surface area contributed by atoms with Crippen LogP contribution in [0.25, 0.3) is 55.6 Å². The van der Waals surface area contributed by atoms with Crippen LogP contribution < -0.4 is 0 Å². The maximum atomic E-state index is 2.53. The Bertz CT molecular complexity index is 2370. The van der Waals surface area contributed by atoms with Gasteiger partial charge in [-0.1, -0.05) is 126 Å². The van der Waals surface area contributed by atoms with E-state index in [4.69, 9.17) is 0 Å². The van der Waals surface area contributed by atoms with Gasteiger partial charge in [-0.05, 0) is 151 Å². The molecule has 0 heterocycles. The summed E-state index contributed by atoms with van der Waals surface area (Å²) < 4.78 is 0. The topological polar surface area (TPSA) is 0 Å². The Morgan fingerprint density at radius 1 is 0.367 bits per heavy atom. The van der Waals surface area contributed by atoms with Crippen molar-refractivity contribution in [3.05, 3.63) is 154 Å². The molecule has 0 N–H and O–H groups in total. The van der Waals surface area contributed by atoms with Gasteiger partial charge in [-0.3, -0.25) is 0 Å². The summed E-state index contributed by atoms with van der Waals surface area (Å²) in [5.41, 5.74) is 25.1. The first-order chi connectivity index (χ1) is 23.5. The molecule has 0 amide bonds. The molecule has 0 unspecified atom stereocenters. The molecule has 0 heteroatoms. The second kappa shape index (κ2) is 10.2. The molecular weight excluding hydrogens is 589 g/mol. The van der Waals surface area contributed by atoms with Crippen LogP contribution in [0.2, 0.25) is 0 Å². The molecule has 0 saturated heterocycles. The molecule has 3 aliphatic rings. The van der Waals surface area contributed by atoms with Crippen molar-refractivity contribution in [2.75, 3.05) is 0 Å². The van der Waals surface area contributed by atoms with Crippen molar-refractivity contribution < 1.29 is 0 Å². The molecule has 49 heavy (non-hydrogen) atoms. The predicted octanol–water partition coefficient (Wildman–Crippen LogP) is 13.3. The zero-order valence-corrected chi connectivity index (χ0v) is 30.3. The fraction of sp³-hybridized carbons (Fsp3) is 0.265. The first-order valence-corrected chi connectivity index (χ1v) is 18.3. The molecule has 0 saturated carbocycles. The van der Waals surface area contributed by atoms with Gasteiger partial charge in [0.25, 0.3) is 0 Å². The van der Waals surface area contributed by atoms with Crippen LogP contribution in [0.15, 0.2) is 109 Å². The highest BCUT2D eigenvalue weighted by molar-refractivity contribution is 5.90. The van der Waals surface area contributed by atoms with Gasteiger partial charge in [0.1, 0.15) is 0 Å². The van der Waals surface area contributed by atoms with Crippen molar-refractivity contribution in [2.45, 2.75) is 84.5 Å². The van der Waals surface area contributed by atoms with Crippen molar-refractivity contribution in [3.63, 3.8) is 0 Å². The second-order valence-electron chi connectivity index (χ2n) is 16.1. The fourth-order valence-corrected chi connectivity index (χ4v) is 10.2. The molecule has 0 aliphatic heterocycles. The van der Waals surface area contributed by atoms with E-state index in [1.165, 1.54) is 100 Å². The summed E-state index contributed by atoms with van der Waals surface area (Å²) >= 11 is 0. The fourth-order valence-electron chi connectivity index (χ4n) is 10.2. The van der Waals surface area contributed by atoms with E-state index in [1.54, 1.807) is 0 Å². The molecule has 6 aromatic carbocycles. The maximum Gasteiger partial charge on any atom is 0.0210 e. The van der Waals surface area contributed by atoms with Gasteiger partial charge < -0.3 is 0 Å². The summed E-state index contributed by atoms with van der Waals surface area (Å²) in [6.45, 7) is 18.9. The molecule has 0 fully saturated rings. The highest BCUT2D eigenvalue weighted by Crippen LogP contribution is 2.56. The Morgan fingerprint density at radius 3 is 1.33 bits per heavy atom. The highest BCUT2D eigenvalue weighted by Gasteiger charge is 2.41. The van der Waals surface area contributed by atoms with Crippen LogP contribution in [0.3, 0.4) is 0 Å². The molecule has 0 aromatic heterocycles. The van der Waals surface area contributed by atoms with E-state index >= 15 is 0 Å². The molecule has 0 spiro atoms. The number of hydrogen-bond donors (Lipinski definition) is 0. The van der Waals surface area contributed by atoms with Crippen LogP contribution in [-0.4, -0.2) is 0 Å². The second-order valence-corrected chi connectivity index (χ2v) is 16.1. The minimum absolute atomic E-state index is 0.0111. The monoisotopic (exact) mass is 634 g/mol. The number of fused-ring (bicyclic) bond motifs is 9. The molecular formula is C49H46. The summed E-state index contributed by atoms with van der Waals surface area (Å²) in [6.07, 6.45) is 2.22. The number of benzene rings is 6. The zero-order chi connectivity index (χ0) is 34.0.